The second-order valence-corrected chi connectivity index (χ2v) is 3.66. The van der Waals surface area contributed by atoms with Gasteiger partial charge in [0.1, 0.15) is 5.82 Å². The molecule has 0 aliphatic carbocycles. The Bertz CT molecular complexity index is 464. The summed E-state index contributed by atoms with van der Waals surface area (Å²) in [5.74, 6) is 0.641. The molecule has 1 N–H and O–H groups in total. The molecule has 1 aromatic heterocycles. The minimum Gasteiger partial charge on any atom is -0.358 e. The number of H-pyrrole nitrogens is 1. The SMILES string of the molecule is CCCN(C)c1n[nH]c2cc(F)ccc12. The van der Waals surface area contributed by atoms with Gasteiger partial charge in [0.15, 0.2) is 5.82 Å². The first kappa shape index (κ1) is 9.96. The van der Waals surface area contributed by atoms with Crippen molar-refractivity contribution in [3.05, 3.63) is 24.0 Å². The van der Waals surface area contributed by atoms with E-state index in [0.29, 0.717) is 0 Å². The Morgan fingerprint density at radius 1 is 1.47 bits per heavy atom. The van der Waals surface area contributed by atoms with Crippen molar-refractivity contribution in [3.63, 3.8) is 0 Å². The number of rotatable bonds is 3. The molecule has 2 rings (SSSR count). The van der Waals surface area contributed by atoms with E-state index in [1.807, 2.05) is 7.05 Å². The quantitative estimate of drug-likeness (QED) is 0.838. The van der Waals surface area contributed by atoms with Crippen LogP contribution in [0, 0.1) is 5.82 Å². The molecule has 0 saturated heterocycles. The van der Waals surface area contributed by atoms with Crippen LogP contribution in [0.15, 0.2) is 18.2 Å². The van der Waals surface area contributed by atoms with E-state index in [-0.39, 0.29) is 5.82 Å². The van der Waals surface area contributed by atoms with Crippen molar-refractivity contribution in [2.75, 3.05) is 18.5 Å². The van der Waals surface area contributed by atoms with Gasteiger partial charge in [0, 0.05) is 19.0 Å². The predicted molar refractivity (Wildman–Crippen MR) is 59.6 cm³/mol. The van der Waals surface area contributed by atoms with E-state index in [1.54, 1.807) is 6.07 Å². The van der Waals surface area contributed by atoms with Crippen molar-refractivity contribution in [1.82, 2.24) is 10.2 Å². The molecule has 1 heterocycles. The predicted octanol–water partition coefficient (Wildman–Crippen LogP) is 2.55. The molecule has 0 aliphatic rings. The fourth-order valence-corrected chi connectivity index (χ4v) is 1.71. The molecule has 0 fully saturated rings. The smallest absolute Gasteiger partial charge is 0.158 e. The maximum Gasteiger partial charge on any atom is 0.158 e. The zero-order valence-electron chi connectivity index (χ0n) is 8.92. The minimum absolute atomic E-state index is 0.240. The highest BCUT2D eigenvalue weighted by atomic mass is 19.1. The average molecular weight is 207 g/mol. The van der Waals surface area contributed by atoms with Crippen LogP contribution in [0.5, 0.6) is 0 Å². The second kappa shape index (κ2) is 3.88. The van der Waals surface area contributed by atoms with Crippen LogP contribution < -0.4 is 4.90 Å². The number of nitrogens with one attached hydrogen (secondary N) is 1. The summed E-state index contributed by atoms with van der Waals surface area (Å²) < 4.78 is 12.9. The number of benzene rings is 1. The number of aromatic amines is 1. The van der Waals surface area contributed by atoms with Crippen molar-refractivity contribution in [1.29, 1.82) is 0 Å². The van der Waals surface area contributed by atoms with Crippen LogP contribution in [0.1, 0.15) is 13.3 Å². The van der Waals surface area contributed by atoms with Crippen LogP contribution >= 0.6 is 0 Å². The Morgan fingerprint density at radius 2 is 2.27 bits per heavy atom. The number of hydrogen-bond donors (Lipinski definition) is 1. The van der Waals surface area contributed by atoms with E-state index in [0.717, 1.165) is 29.7 Å². The van der Waals surface area contributed by atoms with E-state index in [4.69, 9.17) is 0 Å². The summed E-state index contributed by atoms with van der Waals surface area (Å²) in [5.41, 5.74) is 0.743. The van der Waals surface area contributed by atoms with E-state index >= 15 is 0 Å². The molecule has 2 aromatic rings. The molecule has 1 aromatic carbocycles. The third kappa shape index (κ3) is 1.79. The van der Waals surface area contributed by atoms with Gasteiger partial charge in [0.25, 0.3) is 0 Å². The summed E-state index contributed by atoms with van der Waals surface area (Å²) in [6.07, 6.45) is 1.06. The first-order valence-corrected chi connectivity index (χ1v) is 5.07. The monoisotopic (exact) mass is 207 g/mol. The van der Waals surface area contributed by atoms with E-state index in [1.165, 1.54) is 12.1 Å². The lowest BCUT2D eigenvalue weighted by molar-refractivity contribution is 0.629. The molecule has 0 bridgehead atoms. The third-order valence-electron chi connectivity index (χ3n) is 2.43. The van der Waals surface area contributed by atoms with Crippen molar-refractivity contribution in [2.45, 2.75) is 13.3 Å². The Morgan fingerprint density at radius 3 is 3.00 bits per heavy atom. The van der Waals surface area contributed by atoms with E-state index in [9.17, 15) is 4.39 Å². The van der Waals surface area contributed by atoms with Crippen molar-refractivity contribution in [2.24, 2.45) is 0 Å². The van der Waals surface area contributed by atoms with Gasteiger partial charge >= 0.3 is 0 Å². The molecule has 0 spiro atoms. The van der Waals surface area contributed by atoms with Gasteiger partial charge in [-0.3, -0.25) is 5.10 Å². The van der Waals surface area contributed by atoms with Crippen LogP contribution in [0.25, 0.3) is 10.9 Å². The second-order valence-electron chi connectivity index (χ2n) is 3.66. The lowest BCUT2D eigenvalue weighted by Crippen LogP contribution is -2.18. The highest BCUT2D eigenvalue weighted by Gasteiger charge is 2.09. The van der Waals surface area contributed by atoms with Gasteiger partial charge in [-0.05, 0) is 24.6 Å². The first-order chi connectivity index (χ1) is 7.22. The van der Waals surface area contributed by atoms with Crippen molar-refractivity contribution >= 4 is 16.7 Å². The van der Waals surface area contributed by atoms with Gasteiger partial charge in [0.05, 0.1) is 5.52 Å². The van der Waals surface area contributed by atoms with Gasteiger partial charge in [-0.15, -0.1) is 0 Å². The number of hydrogen-bond acceptors (Lipinski definition) is 2. The summed E-state index contributed by atoms with van der Waals surface area (Å²) in [4.78, 5) is 2.07. The lowest BCUT2D eigenvalue weighted by Gasteiger charge is -2.14. The third-order valence-corrected chi connectivity index (χ3v) is 2.43. The molecule has 0 atom stereocenters. The van der Waals surface area contributed by atoms with Crippen LogP contribution in [0.3, 0.4) is 0 Å². The molecule has 0 unspecified atom stereocenters. The largest absolute Gasteiger partial charge is 0.358 e. The molecular weight excluding hydrogens is 193 g/mol. The van der Waals surface area contributed by atoms with Crippen LogP contribution in [-0.2, 0) is 0 Å². The molecule has 80 valence electrons. The Kier molecular flexibility index (Phi) is 2.58. The zero-order chi connectivity index (χ0) is 10.8. The molecular formula is C11H14FN3. The minimum atomic E-state index is -0.240. The zero-order valence-corrected chi connectivity index (χ0v) is 8.92. The highest BCUT2D eigenvalue weighted by Crippen LogP contribution is 2.23. The summed E-state index contributed by atoms with van der Waals surface area (Å²) in [6.45, 7) is 3.06. The maximum absolute atomic E-state index is 12.9. The number of fused-ring (bicyclic) bond motifs is 1. The topological polar surface area (TPSA) is 31.9 Å². The molecule has 15 heavy (non-hydrogen) atoms. The normalized spacial score (nSPS) is 10.9. The maximum atomic E-state index is 12.9. The first-order valence-electron chi connectivity index (χ1n) is 5.07. The molecule has 3 nitrogen and oxygen atoms in total. The molecule has 0 aliphatic heterocycles. The summed E-state index contributed by atoms with van der Waals surface area (Å²) in [6, 6.07) is 4.68. The van der Waals surface area contributed by atoms with Crippen LogP contribution in [0.2, 0.25) is 0 Å². The van der Waals surface area contributed by atoms with Crippen LogP contribution in [0.4, 0.5) is 10.2 Å². The number of nitrogens with zero attached hydrogens (tertiary/aromatic N) is 2. The molecule has 0 radical (unpaired) electrons. The Balaban J connectivity index is 2.44. The van der Waals surface area contributed by atoms with Gasteiger partial charge in [-0.2, -0.15) is 5.10 Å². The fourth-order valence-electron chi connectivity index (χ4n) is 1.71. The molecule has 0 amide bonds. The van der Waals surface area contributed by atoms with Crippen LogP contribution in [-0.4, -0.2) is 23.8 Å². The van der Waals surface area contributed by atoms with Gasteiger partial charge in [0.2, 0.25) is 0 Å². The molecule has 0 saturated carbocycles. The average Bonchev–Trinajstić information content (AvgIpc) is 2.60. The Labute approximate surface area is 87.9 Å². The number of halogens is 1. The van der Waals surface area contributed by atoms with E-state index < -0.39 is 0 Å². The standard InChI is InChI=1S/C11H14FN3/c1-3-6-15(2)11-9-5-4-8(12)7-10(9)13-14-11/h4-5,7H,3,6H2,1-2H3,(H,13,14). The Hall–Kier alpha value is -1.58. The van der Waals surface area contributed by atoms with Gasteiger partial charge in [-0.25, -0.2) is 4.39 Å². The number of anilines is 1. The van der Waals surface area contributed by atoms with Gasteiger partial charge < -0.3 is 4.90 Å². The van der Waals surface area contributed by atoms with E-state index in [2.05, 4.69) is 22.0 Å². The highest BCUT2D eigenvalue weighted by molar-refractivity contribution is 5.89. The summed E-state index contributed by atoms with van der Waals surface area (Å²) >= 11 is 0. The number of aromatic nitrogens is 2. The van der Waals surface area contributed by atoms with Crippen molar-refractivity contribution in [3.8, 4) is 0 Å². The van der Waals surface area contributed by atoms with Gasteiger partial charge in [-0.1, -0.05) is 6.92 Å². The lowest BCUT2D eigenvalue weighted by atomic mass is 10.2. The fraction of sp³-hybridized carbons (Fsp3) is 0.364. The molecule has 4 heteroatoms. The summed E-state index contributed by atoms with van der Waals surface area (Å²) in [7, 11) is 1.99. The summed E-state index contributed by atoms with van der Waals surface area (Å²) in [5, 5.41) is 7.99. The van der Waals surface area contributed by atoms with Crippen molar-refractivity contribution < 1.29 is 4.39 Å².